The van der Waals surface area contributed by atoms with E-state index in [0.717, 1.165) is 0 Å². The van der Waals surface area contributed by atoms with Gasteiger partial charge in [0.2, 0.25) is 0 Å². The number of nitrogens with zero attached hydrogens (tertiary/aromatic N) is 1. The zero-order valence-corrected chi connectivity index (χ0v) is 22.1. The third-order valence-corrected chi connectivity index (χ3v) is 8.74. The molecule has 0 saturated carbocycles. The van der Waals surface area contributed by atoms with Gasteiger partial charge in [0, 0.05) is 17.8 Å². The normalized spacial score (nSPS) is 13.6. The molecule has 0 aliphatic heterocycles. The minimum absolute atomic E-state index is 0.135. The summed E-state index contributed by atoms with van der Waals surface area (Å²) in [7, 11) is 0. The highest BCUT2D eigenvalue weighted by Gasteiger charge is 2.40. The van der Waals surface area contributed by atoms with Gasteiger partial charge in [-0.3, -0.25) is 4.98 Å². The van der Waals surface area contributed by atoms with Crippen molar-refractivity contribution < 1.29 is 0 Å². The summed E-state index contributed by atoms with van der Waals surface area (Å²) in [6.07, 6.45) is 3.70. The Hall–Kier alpha value is -4.75. The fourth-order valence-electron chi connectivity index (χ4n) is 6.95. The lowest BCUT2D eigenvalue weighted by molar-refractivity contribution is 0.667. The summed E-state index contributed by atoms with van der Waals surface area (Å²) in [6.45, 7) is 4.81. The number of benzene rings is 6. The lowest BCUT2D eigenvalue weighted by Crippen LogP contribution is -2.16. The Morgan fingerprint density at radius 3 is 1.62 bits per heavy atom. The second-order valence-corrected chi connectivity index (χ2v) is 11.2. The fraction of sp³-hybridized carbons (Fsp3) is 0.0789. The maximum absolute atomic E-state index is 4.17. The van der Waals surface area contributed by atoms with E-state index in [-0.39, 0.29) is 5.41 Å². The van der Waals surface area contributed by atoms with Crippen LogP contribution in [-0.2, 0) is 5.41 Å². The Morgan fingerprint density at radius 1 is 0.462 bits per heavy atom. The van der Waals surface area contributed by atoms with E-state index in [0.29, 0.717) is 0 Å². The van der Waals surface area contributed by atoms with Crippen LogP contribution in [0.5, 0.6) is 0 Å². The highest BCUT2D eigenvalue weighted by atomic mass is 14.6. The molecule has 184 valence electrons. The highest BCUT2D eigenvalue weighted by Crippen LogP contribution is 2.57. The third-order valence-electron chi connectivity index (χ3n) is 8.74. The van der Waals surface area contributed by atoms with Gasteiger partial charge in [0.05, 0.1) is 0 Å². The van der Waals surface area contributed by atoms with Crippen LogP contribution in [0.15, 0.2) is 128 Å². The Morgan fingerprint density at radius 2 is 0.949 bits per heavy atom. The predicted octanol–water partition coefficient (Wildman–Crippen LogP) is 10.2. The molecule has 1 heteroatoms. The molecule has 39 heavy (non-hydrogen) atoms. The molecule has 0 bridgehead atoms. The highest BCUT2D eigenvalue weighted by molar-refractivity contribution is 6.22. The number of pyridine rings is 1. The first-order valence-corrected chi connectivity index (χ1v) is 13.6. The summed E-state index contributed by atoms with van der Waals surface area (Å²) in [5.74, 6) is 0. The Balaban J connectivity index is 1.45. The van der Waals surface area contributed by atoms with Gasteiger partial charge in [0.25, 0.3) is 0 Å². The molecule has 0 radical (unpaired) electrons. The van der Waals surface area contributed by atoms with E-state index in [1.54, 1.807) is 0 Å². The van der Waals surface area contributed by atoms with Gasteiger partial charge in [-0.05, 0) is 95.0 Å². The maximum Gasteiger partial charge on any atom is 0.0273 e. The molecule has 6 aromatic carbocycles. The van der Waals surface area contributed by atoms with Gasteiger partial charge in [0.15, 0.2) is 0 Å². The number of fused-ring (bicyclic) bond motifs is 10. The predicted molar refractivity (Wildman–Crippen MR) is 165 cm³/mol. The van der Waals surface area contributed by atoms with Crippen molar-refractivity contribution in [3.63, 3.8) is 0 Å². The first-order chi connectivity index (χ1) is 19.1. The molecule has 0 saturated heterocycles. The molecule has 8 rings (SSSR count). The van der Waals surface area contributed by atoms with Crippen LogP contribution in [-0.4, -0.2) is 4.98 Å². The standard InChI is InChI=1S/C38H27N/c1-38(2)34-23-33(26-17-15-24(16-18-26)25-19-21-39-22-20-25)29-11-4-6-12-30(29)35(34)36-31-13-7-3-9-27(31)28-10-5-8-14-32(28)37(36)38/h3-23H,1-2H3. The van der Waals surface area contributed by atoms with Crippen molar-refractivity contribution in [2.75, 3.05) is 0 Å². The Kier molecular flexibility index (Phi) is 4.63. The summed E-state index contributed by atoms with van der Waals surface area (Å²) < 4.78 is 0. The van der Waals surface area contributed by atoms with Gasteiger partial charge < -0.3 is 0 Å². The largest absolute Gasteiger partial charge is 0.265 e. The summed E-state index contributed by atoms with van der Waals surface area (Å²) >= 11 is 0. The SMILES string of the molecule is CC1(C)c2cc(-c3ccc(-c4ccncc4)cc3)c3ccccc3c2-c2c1c1ccccc1c1ccccc21. The number of hydrogen-bond acceptors (Lipinski definition) is 1. The topological polar surface area (TPSA) is 12.9 Å². The van der Waals surface area contributed by atoms with E-state index in [1.807, 2.05) is 12.4 Å². The molecule has 0 spiro atoms. The van der Waals surface area contributed by atoms with E-state index in [9.17, 15) is 0 Å². The van der Waals surface area contributed by atoms with Crippen LogP contribution in [0.4, 0.5) is 0 Å². The molecule has 0 fully saturated rings. The van der Waals surface area contributed by atoms with Crippen molar-refractivity contribution in [3.8, 4) is 33.4 Å². The second-order valence-electron chi connectivity index (χ2n) is 11.2. The van der Waals surface area contributed by atoms with Crippen molar-refractivity contribution >= 4 is 32.3 Å². The Bertz CT molecular complexity index is 2070. The van der Waals surface area contributed by atoms with Crippen molar-refractivity contribution in [1.82, 2.24) is 4.98 Å². The molecule has 1 aliphatic carbocycles. The summed E-state index contributed by atoms with van der Waals surface area (Å²) in [6, 6.07) is 42.5. The lowest BCUT2D eigenvalue weighted by Gasteiger charge is -2.25. The monoisotopic (exact) mass is 497 g/mol. The smallest absolute Gasteiger partial charge is 0.0273 e. The van der Waals surface area contributed by atoms with Gasteiger partial charge in [-0.1, -0.05) is 111 Å². The van der Waals surface area contributed by atoms with Gasteiger partial charge in [-0.25, -0.2) is 0 Å². The average Bonchev–Trinajstić information content (AvgIpc) is 3.24. The van der Waals surface area contributed by atoms with Gasteiger partial charge in [-0.15, -0.1) is 0 Å². The number of aromatic nitrogens is 1. The summed E-state index contributed by atoms with van der Waals surface area (Å²) in [4.78, 5) is 4.17. The van der Waals surface area contributed by atoms with Crippen LogP contribution in [0, 0.1) is 0 Å². The van der Waals surface area contributed by atoms with Crippen LogP contribution >= 0.6 is 0 Å². The lowest BCUT2D eigenvalue weighted by atomic mass is 9.78. The average molecular weight is 498 g/mol. The molecule has 1 nitrogen and oxygen atoms in total. The zero-order valence-electron chi connectivity index (χ0n) is 22.1. The quantitative estimate of drug-likeness (QED) is 0.217. The van der Waals surface area contributed by atoms with E-state index in [4.69, 9.17) is 0 Å². The molecule has 1 aliphatic rings. The van der Waals surface area contributed by atoms with Crippen molar-refractivity contribution in [2.45, 2.75) is 19.3 Å². The van der Waals surface area contributed by atoms with Gasteiger partial charge in [0.1, 0.15) is 0 Å². The minimum Gasteiger partial charge on any atom is -0.265 e. The molecule has 1 aromatic heterocycles. The minimum atomic E-state index is -0.135. The van der Waals surface area contributed by atoms with Gasteiger partial charge >= 0.3 is 0 Å². The third kappa shape index (κ3) is 3.11. The van der Waals surface area contributed by atoms with Crippen molar-refractivity contribution in [2.24, 2.45) is 0 Å². The molecule has 7 aromatic rings. The molecule has 0 atom stereocenters. The Labute approximate surface area is 228 Å². The second kappa shape index (κ2) is 8.12. The van der Waals surface area contributed by atoms with Crippen LogP contribution in [0.1, 0.15) is 25.0 Å². The van der Waals surface area contributed by atoms with Crippen molar-refractivity contribution in [3.05, 3.63) is 139 Å². The van der Waals surface area contributed by atoms with Crippen LogP contribution in [0.3, 0.4) is 0 Å². The maximum atomic E-state index is 4.17. The van der Waals surface area contributed by atoms with E-state index >= 15 is 0 Å². The number of hydrogen-bond donors (Lipinski definition) is 0. The van der Waals surface area contributed by atoms with Crippen LogP contribution in [0.25, 0.3) is 65.7 Å². The zero-order chi connectivity index (χ0) is 26.1. The first kappa shape index (κ1) is 22.3. The molecule has 0 amide bonds. The fourth-order valence-corrected chi connectivity index (χ4v) is 6.95. The van der Waals surface area contributed by atoms with Gasteiger partial charge in [-0.2, -0.15) is 0 Å². The molecule has 0 N–H and O–H groups in total. The van der Waals surface area contributed by atoms with Crippen molar-refractivity contribution in [1.29, 1.82) is 0 Å². The van der Waals surface area contributed by atoms with E-state index in [1.165, 1.54) is 76.8 Å². The van der Waals surface area contributed by atoms with E-state index in [2.05, 4.69) is 134 Å². The molecule has 1 heterocycles. The molecular formula is C38H27N. The summed E-state index contributed by atoms with van der Waals surface area (Å²) in [5.41, 5.74) is 10.4. The van der Waals surface area contributed by atoms with Crippen LogP contribution < -0.4 is 0 Å². The first-order valence-electron chi connectivity index (χ1n) is 13.6. The molecular weight excluding hydrogens is 470 g/mol. The van der Waals surface area contributed by atoms with Crippen LogP contribution in [0.2, 0.25) is 0 Å². The van der Waals surface area contributed by atoms with E-state index < -0.39 is 0 Å². The molecule has 0 unspecified atom stereocenters. The summed E-state index contributed by atoms with van der Waals surface area (Å²) in [5, 5.41) is 8.00. The number of rotatable bonds is 2.